The molecular formula is C16H22N6OS. The average molecular weight is 346 g/mol. The van der Waals surface area contributed by atoms with Crippen LogP contribution in [-0.2, 0) is 5.75 Å². The molecule has 8 heteroatoms. The lowest BCUT2D eigenvalue weighted by atomic mass is 9.99. The van der Waals surface area contributed by atoms with Gasteiger partial charge >= 0.3 is 0 Å². The smallest absolute Gasteiger partial charge is 0.264 e. The fraction of sp³-hybridized carbons (Fsp3) is 0.438. The molecule has 1 aliphatic carbocycles. The molecule has 0 radical (unpaired) electrons. The van der Waals surface area contributed by atoms with Gasteiger partial charge in [0.25, 0.3) is 5.95 Å². The van der Waals surface area contributed by atoms with E-state index in [-0.39, 0.29) is 0 Å². The van der Waals surface area contributed by atoms with Gasteiger partial charge in [0.05, 0.1) is 7.11 Å². The zero-order valence-electron chi connectivity index (χ0n) is 13.7. The molecule has 3 rings (SSSR count). The Hall–Kier alpha value is -2.22. The Labute approximate surface area is 145 Å². The molecule has 7 nitrogen and oxygen atoms in total. The number of hydrazone groups is 1. The van der Waals surface area contributed by atoms with Crippen molar-refractivity contribution in [3.8, 4) is 5.75 Å². The molecule has 0 amide bonds. The number of nitrogen functional groups attached to an aromatic ring is 1. The highest BCUT2D eigenvalue weighted by atomic mass is 32.2. The number of rotatable bonds is 6. The summed E-state index contributed by atoms with van der Waals surface area (Å²) in [7, 11) is 1.66. The molecule has 1 aromatic carbocycles. The van der Waals surface area contributed by atoms with Gasteiger partial charge in [0.15, 0.2) is 0 Å². The Bertz CT molecular complexity index is 689. The van der Waals surface area contributed by atoms with Crippen molar-refractivity contribution in [3.05, 3.63) is 29.8 Å². The van der Waals surface area contributed by atoms with Crippen molar-refractivity contribution in [2.45, 2.75) is 43.0 Å². The summed E-state index contributed by atoms with van der Waals surface area (Å²) >= 11 is 1.53. The molecule has 1 saturated carbocycles. The molecule has 0 unspecified atom stereocenters. The number of nitrogens with zero attached hydrogens (tertiary/aromatic N) is 4. The number of nitrogens with one attached hydrogen (secondary N) is 1. The fourth-order valence-electron chi connectivity index (χ4n) is 2.52. The molecule has 24 heavy (non-hydrogen) atoms. The number of hydrogen-bond donors (Lipinski definition) is 2. The first-order valence-electron chi connectivity index (χ1n) is 8.04. The molecule has 1 heterocycles. The third-order valence-electron chi connectivity index (χ3n) is 3.94. The Balaban J connectivity index is 1.57. The summed E-state index contributed by atoms with van der Waals surface area (Å²) in [6.07, 6.45) is 5.80. The predicted octanol–water partition coefficient (Wildman–Crippen LogP) is 3.02. The van der Waals surface area contributed by atoms with Crippen LogP contribution in [0, 0.1) is 0 Å². The Morgan fingerprint density at radius 2 is 1.96 bits per heavy atom. The van der Waals surface area contributed by atoms with Crippen LogP contribution in [0.4, 0.5) is 5.95 Å². The van der Waals surface area contributed by atoms with E-state index in [1.165, 1.54) is 47.0 Å². The van der Waals surface area contributed by atoms with Gasteiger partial charge in [0.2, 0.25) is 5.16 Å². The highest BCUT2D eigenvalue weighted by Gasteiger charge is 2.11. The van der Waals surface area contributed by atoms with Crippen molar-refractivity contribution >= 4 is 23.4 Å². The number of aromatic nitrogens is 3. The van der Waals surface area contributed by atoms with Crippen LogP contribution < -0.4 is 16.0 Å². The van der Waals surface area contributed by atoms with Crippen LogP contribution in [0.3, 0.4) is 0 Å². The van der Waals surface area contributed by atoms with E-state index in [1.807, 2.05) is 24.3 Å². The van der Waals surface area contributed by atoms with E-state index in [0.29, 0.717) is 11.1 Å². The van der Waals surface area contributed by atoms with E-state index in [0.717, 1.165) is 24.3 Å². The highest BCUT2D eigenvalue weighted by molar-refractivity contribution is 7.98. The van der Waals surface area contributed by atoms with E-state index in [4.69, 9.17) is 10.6 Å². The van der Waals surface area contributed by atoms with Crippen LogP contribution in [0.15, 0.2) is 34.5 Å². The van der Waals surface area contributed by atoms with E-state index in [9.17, 15) is 0 Å². The monoisotopic (exact) mass is 346 g/mol. The number of benzene rings is 1. The van der Waals surface area contributed by atoms with Gasteiger partial charge in [-0.1, -0.05) is 30.3 Å². The van der Waals surface area contributed by atoms with Gasteiger partial charge in [-0.15, -0.1) is 10.2 Å². The summed E-state index contributed by atoms with van der Waals surface area (Å²) in [5.74, 6) is 8.12. The zero-order chi connectivity index (χ0) is 16.8. The third-order valence-corrected chi connectivity index (χ3v) is 4.95. The second-order valence-corrected chi connectivity index (χ2v) is 6.61. The number of thioether (sulfide) groups is 1. The molecule has 0 atom stereocenters. The van der Waals surface area contributed by atoms with Crippen molar-refractivity contribution in [3.63, 3.8) is 0 Å². The Morgan fingerprint density at radius 3 is 2.67 bits per heavy atom. The quantitative estimate of drug-likeness (QED) is 0.475. The van der Waals surface area contributed by atoms with Gasteiger partial charge in [-0.3, -0.25) is 0 Å². The minimum absolute atomic E-state index is 0.463. The van der Waals surface area contributed by atoms with E-state index in [2.05, 4.69) is 20.7 Å². The zero-order valence-corrected chi connectivity index (χ0v) is 14.6. The van der Waals surface area contributed by atoms with Gasteiger partial charge < -0.3 is 10.6 Å². The topological polar surface area (TPSA) is 90.4 Å². The molecule has 0 spiro atoms. The number of ether oxygens (including phenoxy) is 1. The molecule has 0 bridgehead atoms. The summed E-state index contributed by atoms with van der Waals surface area (Å²) in [5, 5.41) is 13.2. The number of methoxy groups -OCH3 is 1. The van der Waals surface area contributed by atoms with Gasteiger partial charge in [-0.25, -0.2) is 10.1 Å². The molecular weight excluding hydrogens is 324 g/mol. The van der Waals surface area contributed by atoms with Crippen LogP contribution >= 0.6 is 11.8 Å². The minimum Gasteiger partial charge on any atom is -0.497 e. The van der Waals surface area contributed by atoms with Crippen LogP contribution in [0.25, 0.3) is 0 Å². The largest absolute Gasteiger partial charge is 0.497 e. The summed E-state index contributed by atoms with van der Waals surface area (Å²) < 4.78 is 6.60. The third kappa shape index (κ3) is 4.19. The molecule has 0 aliphatic heterocycles. The molecule has 3 N–H and O–H groups in total. The van der Waals surface area contributed by atoms with Crippen molar-refractivity contribution in [2.24, 2.45) is 5.10 Å². The van der Waals surface area contributed by atoms with Gasteiger partial charge in [-0.2, -0.15) is 5.10 Å². The normalized spacial score (nSPS) is 14.5. The molecule has 1 aromatic heterocycles. The maximum Gasteiger partial charge on any atom is 0.264 e. The van der Waals surface area contributed by atoms with E-state index >= 15 is 0 Å². The lowest BCUT2D eigenvalue weighted by molar-refractivity contribution is 0.414. The average Bonchev–Trinajstić information content (AvgIpc) is 2.99. The molecule has 1 fully saturated rings. The standard InChI is InChI=1S/C16H22N6OS/c1-23-14-9-7-12(8-10-14)11-24-16-21-20-15(22(16)17)19-18-13-5-3-2-4-6-13/h7-10H,2-6,11,17H2,1H3,(H,19,20). The Kier molecular flexibility index (Phi) is 5.58. The summed E-state index contributed by atoms with van der Waals surface area (Å²) in [5.41, 5.74) is 5.28. The van der Waals surface area contributed by atoms with Crippen molar-refractivity contribution in [1.29, 1.82) is 0 Å². The van der Waals surface area contributed by atoms with Gasteiger partial charge in [0.1, 0.15) is 5.75 Å². The van der Waals surface area contributed by atoms with Gasteiger partial charge in [0, 0.05) is 11.5 Å². The molecule has 128 valence electrons. The summed E-state index contributed by atoms with van der Waals surface area (Å²) in [4.78, 5) is 0. The van der Waals surface area contributed by atoms with E-state index in [1.54, 1.807) is 7.11 Å². The van der Waals surface area contributed by atoms with E-state index < -0.39 is 0 Å². The second kappa shape index (κ2) is 8.05. The maximum absolute atomic E-state index is 6.05. The number of anilines is 1. The maximum atomic E-state index is 6.05. The van der Waals surface area contributed by atoms with Crippen LogP contribution in [0.1, 0.15) is 37.7 Å². The fourth-order valence-corrected chi connectivity index (χ4v) is 3.33. The molecule has 1 aliphatic rings. The minimum atomic E-state index is 0.463. The molecule has 0 saturated heterocycles. The summed E-state index contributed by atoms with van der Waals surface area (Å²) in [6.45, 7) is 0. The van der Waals surface area contributed by atoms with Crippen molar-refractivity contribution < 1.29 is 4.74 Å². The summed E-state index contributed by atoms with van der Waals surface area (Å²) in [6, 6.07) is 7.93. The number of nitrogens with two attached hydrogens (primary N) is 1. The first-order chi connectivity index (χ1) is 11.8. The van der Waals surface area contributed by atoms with Crippen molar-refractivity contribution in [1.82, 2.24) is 14.9 Å². The highest BCUT2D eigenvalue weighted by Crippen LogP contribution is 2.23. The van der Waals surface area contributed by atoms with Crippen LogP contribution in [0.2, 0.25) is 0 Å². The Morgan fingerprint density at radius 1 is 1.21 bits per heavy atom. The van der Waals surface area contributed by atoms with Crippen LogP contribution in [-0.4, -0.2) is 27.7 Å². The molecule has 2 aromatic rings. The first kappa shape index (κ1) is 16.6. The predicted molar refractivity (Wildman–Crippen MR) is 96.9 cm³/mol. The van der Waals surface area contributed by atoms with Crippen molar-refractivity contribution in [2.75, 3.05) is 18.4 Å². The van der Waals surface area contributed by atoms with Crippen LogP contribution in [0.5, 0.6) is 5.75 Å². The lowest BCUT2D eigenvalue weighted by Gasteiger charge is -2.12. The first-order valence-corrected chi connectivity index (χ1v) is 9.02. The number of hydrogen-bond acceptors (Lipinski definition) is 7. The van der Waals surface area contributed by atoms with Gasteiger partial charge in [-0.05, 0) is 43.4 Å². The second-order valence-electron chi connectivity index (χ2n) is 5.66. The lowest BCUT2D eigenvalue weighted by Crippen LogP contribution is -2.14. The SMILES string of the molecule is COc1ccc(CSc2nnc(NN=C3CCCCC3)n2N)cc1.